The highest BCUT2D eigenvalue weighted by atomic mass is 32.1. The second kappa shape index (κ2) is 6.02. The molecule has 0 aliphatic rings. The highest BCUT2D eigenvalue weighted by Crippen LogP contribution is 2.14. The van der Waals surface area contributed by atoms with Crippen LogP contribution in [0.3, 0.4) is 0 Å². The van der Waals surface area contributed by atoms with E-state index in [1.165, 1.54) is 29.7 Å². The quantitative estimate of drug-likeness (QED) is 0.828. The normalized spacial score (nSPS) is 10.7. The average molecular weight is 290 g/mol. The summed E-state index contributed by atoms with van der Waals surface area (Å²) in [5.74, 6) is -1.44. The van der Waals surface area contributed by atoms with Crippen LogP contribution < -0.4 is 5.32 Å². The van der Waals surface area contributed by atoms with Gasteiger partial charge in [0.05, 0.1) is 0 Å². The van der Waals surface area contributed by atoms with E-state index in [4.69, 9.17) is 5.11 Å². The predicted molar refractivity (Wildman–Crippen MR) is 73.5 cm³/mol. The number of pyridine rings is 1. The second-order valence-corrected chi connectivity index (χ2v) is 4.91. The molecule has 2 aromatic rings. The number of aromatic nitrogens is 3. The Hall–Kier alpha value is -2.61. The van der Waals surface area contributed by atoms with Gasteiger partial charge in [0.15, 0.2) is 0 Å². The minimum absolute atomic E-state index is 0.213. The third-order valence-electron chi connectivity index (χ3n) is 2.18. The van der Waals surface area contributed by atoms with Gasteiger partial charge in [-0.2, -0.15) is 0 Å². The number of carboxylic acid groups (broad SMARTS) is 1. The Morgan fingerprint density at radius 1 is 1.35 bits per heavy atom. The van der Waals surface area contributed by atoms with Gasteiger partial charge in [-0.1, -0.05) is 17.4 Å². The van der Waals surface area contributed by atoms with Crippen LogP contribution in [-0.2, 0) is 4.79 Å². The van der Waals surface area contributed by atoms with Crippen LogP contribution in [0.1, 0.15) is 21.1 Å². The number of hydrogen-bond acceptors (Lipinski definition) is 6. The van der Waals surface area contributed by atoms with Gasteiger partial charge in [-0.3, -0.25) is 15.1 Å². The van der Waals surface area contributed by atoms with E-state index < -0.39 is 11.9 Å². The molecule has 1 amide bonds. The first-order chi connectivity index (χ1) is 9.54. The molecule has 20 heavy (non-hydrogen) atoms. The van der Waals surface area contributed by atoms with Crippen molar-refractivity contribution < 1.29 is 14.7 Å². The van der Waals surface area contributed by atoms with Gasteiger partial charge in [-0.25, -0.2) is 4.79 Å². The average Bonchev–Trinajstić information content (AvgIpc) is 2.82. The van der Waals surface area contributed by atoms with Crippen molar-refractivity contribution in [2.75, 3.05) is 5.32 Å². The van der Waals surface area contributed by atoms with Crippen LogP contribution in [0.25, 0.3) is 6.08 Å². The van der Waals surface area contributed by atoms with E-state index in [1.807, 2.05) is 0 Å². The first kappa shape index (κ1) is 13.8. The summed E-state index contributed by atoms with van der Waals surface area (Å²) in [4.78, 5) is 26.2. The van der Waals surface area contributed by atoms with E-state index in [1.54, 1.807) is 13.0 Å². The molecule has 0 bridgehead atoms. The van der Waals surface area contributed by atoms with Gasteiger partial charge in [-0.15, -0.1) is 10.2 Å². The lowest BCUT2D eigenvalue weighted by atomic mass is 10.2. The largest absolute Gasteiger partial charge is 0.478 e. The standard InChI is InChI=1S/C12H10N4O3S/c1-7-15-16-12(20-7)14-11(19)9-4-2-8(6-13-9)3-5-10(17)18/h2-6H,1H3,(H,17,18)(H,14,16,19)/b5-3+. The summed E-state index contributed by atoms with van der Waals surface area (Å²) in [6.45, 7) is 1.79. The summed E-state index contributed by atoms with van der Waals surface area (Å²) in [5, 5.41) is 19.8. The summed E-state index contributed by atoms with van der Waals surface area (Å²) in [6, 6.07) is 3.11. The van der Waals surface area contributed by atoms with Gasteiger partial charge in [0.2, 0.25) is 5.13 Å². The molecule has 2 aromatic heterocycles. The molecule has 0 saturated carbocycles. The van der Waals surface area contributed by atoms with E-state index >= 15 is 0 Å². The van der Waals surface area contributed by atoms with E-state index in [0.717, 1.165) is 11.1 Å². The number of aliphatic carboxylic acids is 1. The van der Waals surface area contributed by atoms with Crippen molar-refractivity contribution in [3.63, 3.8) is 0 Å². The molecular weight excluding hydrogens is 280 g/mol. The van der Waals surface area contributed by atoms with Gasteiger partial charge < -0.3 is 5.11 Å². The van der Waals surface area contributed by atoms with Crippen LogP contribution in [0.4, 0.5) is 5.13 Å². The molecule has 7 nitrogen and oxygen atoms in total. The van der Waals surface area contributed by atoms with Crippen LogP contribution in [0.5, 0.6) is 0 Å². The fourth-order valence-corrected chi connectivity index (χ4v) is 1.90. The van der Waals surface area contributed by atoms with Gasteiger partial charge in [0, 0.05) is 12.3 Å². The van der Waals surface area contributed by atoms with Crippen LogP contribution in [0.2, 0.25) is 0 Å². The number of nitrogens with one attached hydrogen (secondary N) is 1. The third-order valence-corrected chi connectivity index (χ3v) is 2.94. The van der Waals surface area contributed by atoms with Crippen molar-refractivity contribution in [2.24, 2.45) is 0 Å². The number of nitrogens with zero attached hydrogens (tertiary/aromatic N) is 3. The molecule has 0 aliphatic heterocycles. The first-order valence-electron chi connectivity index (χ1n) is 5.53. The third kappa shape index (κ3) is 3.69. The molecule has 2 rings (SSSR count). The molecule has 2 heterocycles. The Labute approximate surface area is 118 Å². The topological polar surface area (TPSA) is 105 Å². The number of carbonyl (C=O) groups is 2. The minimum Gasteiger partial charge on any atom is -0.478 e. The summed E-state index contributed by atoms with van der Waals surface area (Å²) in [5.41, 5.74) is 0.807. The van der Waals surface area contributed by atoms with Crippen molar-refractivity contribution in [1.82, 2.24) is 15.2 Å². The fraction of sp³-hybridized carbons (Fsp3) is 0.0833. The molecule has 0 spiro atoms. The van der Waals surface area contributed by atoms with Gasteiger partial charge in [-0.05, 0) is 24.6 Å². The van der Waals surface area contributed by atoms with Gasteiger partial charge >= 0.3 is 5.97 Å². The number of carbonyl (C=O) groups excluding carboxylic acids is 1. The van der Waals surface area contributed by atoms with E-state index in [9.17, 15) is 9.59 Å². The van der Waals surface area contributed by atoms with E-state index in [2.05, 4.69) is 20.5 Å². The monoisotopic (exact) mass is 290 g/mol. The molecule has 8 heteroatoms. The molecule has 0 saturated heterocycles. The Morgan fingerprint density at radius 2 is 2.15 bits per heavy atom. The number of rotatable bonds is 4. The van der Waals surface area contributed by atoms with E-state index in [-0.39, 0.29) is 5.69 Å². The fourth-order valence-electron chi connectivity index (χ4n) is 1.31. The molecule has 2 N–H and O–H groups in total. The van der Waals surface area contributed by atoms with Gasteiger partial charge in [0.25, 0.3) is 5.91 Å². The zero-order chi connectivity index (χ0) is 14.5. The molecule has 0 unspecified atom stereocenters. The lowest BCUT2D eigenvalue weighted by molar-refractivity contribution is -0.131. The molecule has 102 valence electrons. The molecule has 0 radical (unpaired) electrons. The maximum absolute atomic E-state index is 11.9. The zero-order valence-corrected chi connectivity index (χ0v) is 11.2. The number of amides is 1. The first-order valence-corrected chi connectivity index (χ1v) is 6.35. The van der Waals surface area contributed by atoms with Crippen molar-refractivity contribution in [2.45, 2.75) is 6.92 Å². The van der Waals surface area contributed by atoms with Crippen molar-refractivity contribution in [3.8, 4) is 0 Å². The predicted octanol–water partition coefficient (Wildman–Crippen LogP) is 1.59. The minimum atomic E-state index is -1.04. The lowest BCUT2D eigenvalue weighted by Crippen LogP contribution is -2.13. The number of hydrogen-bond donors (Lipinski definition) is 2. The highest BCUT2D eigenvalue weighted by Gasteiger charge is 2.09. The summed E-state index contributed by atoms with van der Waals surface area (Å²) in [7, 11) is 0. The van der Waals surface area contributed by atoms with Crippen molar-refractivity contribution in [3.05, 3.63) is 40.7 Å². The number of carboxylic acids is 1. The number of anilines is 1. The van der Waals surface area contributed by atoms with Crippen molar-refractivity contribution in [1.29, 1.82) is 0 Å². The smallest absolute Gasteiger partial charge is 0.328 e. The van der Waals surface area contributed by atoms with Gasteiger partial charge in [0.1, 0.15) is 10.7 Å². The van der Waals surface area contributed by atoms with E-state index in [0.29, 0.717) is 10.7 Å². The second-order valence-electron chi connectivity index (χ2n) is 3.73. The Bertz CT molecular complexity index is 664. The zero-order valence-electron chi connectivity index (χ0n) is 10.4. The van der Waals surface area contributed by atoms with Crippen LogP contribution in [0, 0.1) is 6.92 Å². The Balaban J connectivity index is 2.05. The van der Waals surface area contributed by atoms with Crippen LogP contribution >= 0.6 is 11.3 Å². The molecule has 0 aliphatic carbocycles. The summed E-state index contributed by atoms with van der Waals surface area (Å²) >= 11 is 1.27. The molecule has 0 fully saturated rings. The Morgan fingerprint density at radius 3 is 2.70 bits per heavy atom. The SMILES string of the molecule is Cc1nnc(NC(=O)c2ccc(/C=C/C(=O)O)cn2)s1. The van der Waals surface area contributed by atoms with Crippen molar-refractivity contribution >= 4 is 34.4 Å². The molecular formula is C12H10N4O3S. The summed E-state index contributed by atoms with van der Waals surface area (Å²) in [6.07, 6.45) is 3.81. The lowest BCUT2D eigenvalue weighted by Gasteiger charge is -2.00. The maximum atomic E-state index is 11.9. The highest BCUT2D eigenvalue weighted by molar-refractivity contribution is 7.15. The molecule has 0 aromatic carbocycles. The summed E-state index contributed by atoms with van der Waals surface area (Å²) < 4.78 is 0. The number of aryl methyl sites for hydroxylation is 1. The van der Waals surface area contributed by atoms with Crippen LogP contribution in [-0.4, -0.2) is 32.2 Å². The molecule has 0 atom stereocenters. The Kier molecular flexibility index (Phi) is 4.16. The van der Waals surface area contributed by atoms with Crippen LogP contribution in [0.15, 0.2) is 24.4 Å². The maximum Gasteiger partial charge on any atom is 0.328 e.